The topological polar surface area (TPSA) is 49.8 Å². The van der Waals surface area contributed by atoms with Crippen LogP contribution in [0.5, 0.6) is 0 Å². The average molecular weight is 199 g/mol. The van der Waals surface area contributed by atoms with E-state index in [2.05, 4.69) is 11.5 Å². The summed E-state index contributed by atoms with van der Waals surface area (Å²) in [7, 11) is 0. The van der Waals surface area contributed by atoms with Crippen molar-refractivity contribution in [3.8, 4) is 0 Å². The molecule has 0 amide bonds. The van der Waals surface area contributed by atoms with Crippen molar-refractivity contribution in [3.63, 3.8) is 0 Å². The fraction of sp³-hybridized carbons (Fsp3) is 0.700. The van der Waals surface area contributed by atoms with Crippen LogP contribution in [0.15, 0.2) is 12.7 Å². The van der Waals surface area contributed by atoms with Gasteiger partial charge in [0.25, 0.3) is 0 Å². The number of carboxylic acid groups (broad SMARTS) is 1. The molecule has 1 fully saturated rings. The SMILES string of the molecule is C=CCN(CC)C1COCC1C(=O)O. The van der Waals surface area contributed by atoms with Crippen LogP contribution in [0.4, 0.5) is 0 Å². The van der Waals surface area contributed by atoms with Gasteiger partial charge in [0.15, 0.2) is 0 Å². The molecule has 1 heterocycles. The van der Waals surface area contributed by atoms with Crippen LogP contribution in [-0.2, 0) is 9.53 Å². The normalized spacial score (nSPS) is 26.7. The molecule has 2 unspecified atom stereocenters. The Balaban J connectivity index is 2.63. The minimum Gasteiger partial charge on any atom is -0.481 e. The van der Waals surface area contributed by atoms with Crippen molar-refractivity contribution in [2.45, 2.75) is 13.0 Å². The van der Waals surface area contributed by atoms with Crippen LogP contribution in [0.3, 0.4) is 0 Å². The van der Waals surface area contributed by atoms with Crippen LogP contribution in [-0.4, -0.2) is 48.3 Å². The van der Waals surface area contributed by atoms with E-state index in [-0.39, 0.29) is 6.04 Å². The number of nitrogens with zero attached hydrogens (tertiary/aromatic N) is 1. The Morgan fingerprint density at radius 1 is 1.71 bits per heavy atom. The van der Waals surface area contributed by atoms with Crippen molar-refractivity contribution < 1.29 is 14.6 Å². The fourth-order valence-corrected chi connectivity index (χ4v) is 1.80. The van der Waals surface area contributed by atoms with Crippen molar-refractivity contribution in [3.05, 3.63) is 12.7 Å². The molecule has 0 saturated carbocycles. The summed E-state index contributed by atoms with van der Waals surface area (Å²) in [5, 5.41) is 8.96. The Morgan fingerprint density at radius 2 is 2.43 bits per heavy atom. The summed E-state index contributed by atoms with van der Waals surface area (Å²) < 4.78 is 5.20. The molecule has 0 radical (unpaired) electrons. The van der Waals surface area contributed by atoms with Crippen molar-refractivity contribution in [2.75, 3.05) is 26.3 Å². The third-order valence-corrected chi connectivity index (χ3v) is 2.61. The Morgan fingerprint density at radius 3 is 2.93 bits per heavy atom. The van der Waals surface area contributed by atoms with Gasteiger partial charge in [0.1, 0.15) is 0 Å². The standard InChI is InChI=1S/C10H17NO3/c1-3-5-11(4-2)9-7-14-6-8(9)10(12)13/h3,8-9H,1,4-7H2,2H3,(H,12,13). The van der Waals surface area contributed by atoms with Crippen LogP contribution in [0, 0.1) is 5.92 Å². The summed E-state index contributed by atoms with van der Waals surface area (Å²) in [6.45, 7) is 8.05. The zero-order valence-electron chi connectivity index (χ0n) is 8.48. The van der Waals surface area contributed by atoms with Crippen molar-refractivity contribution in [1.82, 2.24) is 4.90 Å². The van der Waals surface area contributed by atoms with Gasteiger partial charge in [-0.3, -0.25) is 9.69 Å². The molecule has 1 aliphatic rings. The highest BCUT2D eigenvalue weighted by Crippen LogP contribution is 2.19. The molecule has 1 aliphatic heterocycles. The smallest absolute Gasteiger partial charge is 0.310 e. The van der Waals surface area contributed by atoms with E-state index >= 15 is 0 Å². The fourth-order valence-electron chi connectivity index (χ4n) is 1.80. The lowest BCUT2D eigenvalue weighted by Gasteiger charge is -2.27. The first-order valence-corrected chi connectivity index (χ1v) is 4.86. The zero-order chi connectivity index (χ0) is 10.6. The Hall–Kier alpha value is -0.870. The molecule has 0 aliphatic carbocycles. The number of aliphatic carboxylic acids is 1. The van der Waals surface area contributed by atoms with E-state index in [1.807, 2.05) is 6.92 Å². The second-order valence-corrected chi connectivity index (χ2v) is 3.43. The number of ether oxygens (including phenoxy) is 1. The lowest BCUT2D eigenvalue weighted by molar-refractivity contribution is -0.143. The highest BCUT2D eigenvalue weighted by molar-refractivity contribution is 5.71. The molecule has 2 atom stereocenters. The van der Waals surface area contributed by atoms with Gasteiger partial charge in [-0.25, -0.2) is 0 Å². The van der Waals surface area contributed by atoms with Crippen LogP contribution in [0.1, 0.15) is 6.92 Å². The number of hydrogen-bond acceptors (Lipinski definition) is 3. The first-order chi connectivity index (χ1) is 6.70. The van der Waals surface area contributed by atoms with Gasteiger partial charge < -0.3 is 9.84 Å². The van der Waals surface area contributed by atoms with Gasteiger partial charge in [-0.2, -0.15) is 0 Å². The average Bonchev–Trinajstić information content (AvgIpc) is 2.62. The van der Waals surface area contributed by atoms with E-state index in [4.69, 9.17) is 9.84 Å². The van der Waals surface area contributed by atoms with Gasteiger partial charge in [0.2, 0.25) is 0 Å². The number of carbonyl (C=O) groups is 1. The predicted octanol–water partition coefficient (Wildman–Crippen LogP) is 0.594. The first kappa shape index (κ1) is 11.2. The molecule has 1 rings (SSSR count). The van der Waals surface area contributed by atoms with E-state index in [0.717, 1.165) is 6.54 Å². The molecule has 0 spiro atoms. The third-order valence-electron chi connectivity index (χ3n) is 2.61. The van der Waals surface area contributed by atoms with Gasteiger partial charge in [0, 0.05) is 12.6 Å². The molecule has 1 saturated heterocycles. The second-order valence-electron chi connectivity index (χ2n) is 3.43. The number of rotatable bonds is 5. The molecule has 80 valence electrons. The molecule has 0 aromatic heterocycles. The molecule has 4 nitrogen and oxygen atoms in total. The highest BCUT2D eigenvalue weighted by Gasteiger charge is 2.36. The summed E-state index contributed by atoms with van der Waals surface area (Å²) in [6, 6.07) is -0.00417. The third kappa shape index (κ3) is 2.33. The van der Waals surface area contributed by atoms with Crippen LogP contribution in [0.25, 0.3) is 0 Å². The summed E-state index contributed by atoms with van der Waals surface area (Å²) >= 11 is 0. The van der Waals surface area contributed by atoms with Crippen LogP contribution >= 0.6 is 0 Å². The van der Waals surface area contributed by atoms with Gasteiger partial charge in [-0.15, -0.1) is 6.58 Å². The van der Waals surface area contributed by atoms with Crippen molar-refractivity contribution in [2.24, 2.45) is 5.92 Å². The van der Waals surface area contributed by atoms with Gasteiger partial charge >= 0.3 is 5.97 Å². The molecular formula is C10H17NO3. The Bertz CT molecular complexity index is 217. The van der Waals surface area contributed by atoms with E-state index < -0.39 is 11.9 Å². The second kappa shape index (κ2) is 5.12. The van der Waals surface area contributed by atoms with Crippen LogP contribution in [0.2, 0.25) is 0 Å². The lowest BCUT2D eigenvalue weighted by Crippen LogP contribution is -2.43. The quantitative estimate of drug-likeness (QED) is 0.658. The summed E-state index contributed by atoms with van der Waals surface area (Å²) in [6.07, 6.45) is 1.79. The van der Waals surface area contributed by atoms with Crippen molar-refractivity contribution in [1.29, 1.82) is 0 Å². The largest absolute Gasteiger partial charge is 0.481 e. The molecule has 0 aromatic rings. The molecule has 0 bridgehead atoms. The number of carboxylic acids is 1. The van der Waals surface area contributed by atoms with E-state index in [1.165, 1.54) is 0 Å². The minimum atomic E-state index is -0.769. The maximum absolute atomic E-state index is 10.9. The minimum absolute atomic E-state index is 0.00417. The van der Waals surface area contributed by atoms with E-state index in [9.17, 15) is 4.79 Å². The Labute approximate surface area is 84.2 Å². The van der Waals surface area contributed by atoms with E-state index in [0.29, 0.717) is 19.8 Å². The van der Waals surface area contributed by atoms with Gasteiger partial charge in [0.05, 0.1) is 19.1 Å². The monoisotopic (exact) mass is 199 g/mol. The van der Waals surface area contributed by atoms with Crippen molar-refractivity contribution >= 4 is 5.97 Å². The lowest BCUT2D eigenvalue weighted by atomic mass is 10.0. The molecule has 4 heteroatoms. The predicted molar refractivity (Wildman–Crippen MR) is 53.2 cm³/mol. The molecule has 0 aromatic carbocycles. The maximum Gasteiger partial charge on any atom is 0.310 e. The highest BCUT2D eigenvalue weighted by atomic mass is 16.5. The van der Waals surface area contributed by atoms with E-state index in [1.54, 1.807) is 6.08 Å². The molecule has 14 heavy (non-hydrogen) atoms. The molecular weight excluding hydrogens is 182 g/mol. The van der Waals surface area contributed by atoms with Gasteiger partial charge in [-0.1, -0.05) is 13.0 Å². The first-order valence-electron chi connectivity index (χ1n) is 4.86. The van der Waals surface area contributed by atoms with Crippen LogP contribution < -0.4 is 0 Å². The zero-order valence-corrected chi connectivity index (χ0v) is 8.48. The summed E-state index contributed by atoms with van der Waals surface area (Å²) in [4.78, 5) is 13.0. The summed E-state index contributed by atoms with van der Waals surface area (Å²) in [5.41, 5.74) is 0. The van der Waals surface area contributed by atoms with Gasteiger partial charge in [-0.05, 0) is 6.54 Å². The molecule has 1 N–H and O–H groups in total. The number of likely N-dealkylation sites (N-methyl/N-ethyl adjacent to an activating group) is 1. The number of hydrogen-bond donors (Lipinski definition) is 1. The Kier molecular flexibility index (Phi) is 4.10. The summed E-state index contributed by atoms with van der Waals surface area (Å²) in [5.74, 6) is -1.16. The maximum atomic E-state index is 10.9.